The van der Waals surface area contributed by atoms with Crippen molar-refractivity contribution >= 4 is 17.5 Å². The summed E-state index contributed by atoms with van der Waals surface area (Å²) in [6.45, 7) is 14.8. The molecule has 2 saturated carbocycles. The number of unbranched alkanes of at least 4 members (excludes halogenated alkanes) is 1. The molecule has 0 aromatic heterocycles. The predicted octanol–water partition coefficient (Wildman–Crippen LogP) is 5.19. The van der Waals surface area contributed by atoms with E-state index < -0.39 is 33.9 Å². The summed E-state index contributed by atoms with van der Waals surface area (Å²) in [6, 6.07) is 0. The summed E-state index contributed by atoms with van der Waals surface area (Å²) in [5, 5.41) is 23.3. The topological polar surface area (TPSA) is 101 Å². The maximum atomic E-state index is 14.1. The molecule has 208 valence electrons. The molecule has 6 nitrogen and oxygen atoms in total. The Hall–Kier alpha value is -1.53. The van der Waals surface area contributed by atoms with Crippen LogP contribution in [0.3, 0.4) is 0 Å². The van der Waals surface area contributed by atoms with Gasteiger partial charge in [-0.15, -0.1) is 0 Å². The number of ketones is 2. The number of hydrogen-bond donors (Lipinski definition) is 2. The number of ether oxygens (including phenoxy) is 1. The van der Waals surface area contributed by atoms with Gasteiger partial charge in [0.25, 0.3) is 0 Å². The third kappa shape index (κ3) is 4.07. The summed E-state index contributed by atoms with van der Waals surface area (Å²) in [6.07, 6.45) is 3.61. The lowest BCUT2D eigenvalue weighted by atomic mass is 9.42. The zero-order valence-electron chi connectivity index (χ0n) is 24.0. The summed E-state index contributed by atoms with van der Waals surface area (Å²) in [4.78, 5) is 39.2. The molecule has 0 bridgehead atoms. The van der Waals surface area contributed by atoms with Crippen molar-refractivity contribution in [2.75, 3.05) is 6.61 Å². The maximum Gasteiger partial charge on any atom is 0.305 e. The fourth-order valence-electron chi connectivity index (χ4n) is 9.14. The summed E-state index contributed by atoms with van der Waals surface area (Å²) in [5.41, 5.74) is -0.932. The molecule has 4 aliphatic rings. The van der Waals surface area contributed by atoms with Gasteiger partial charge in [-0.05, 0) is 60.8 Å². The van der Waals surface area contributed by atoms with E-state index in [4.69, 9.17) is 4.74 Å². The Morgan fingerprint density at radius 2 is 1.78 bits per heavy atom. The van der Waals surface area contributed by atoms with E-state index in [1.807, 2.05) is 13.8 Å². The normalized spacial score (nSPS) is 41.6. The Kier molecular flexibility index (Phi) is 7.38. The van der Waals surface area contributed by atoms with Crippen LogP contribution >= 0.6 is 0 Å². The number of carbonyl (C=O) groups excluding carboxylic acids is 3. The van der Waals surface area contributed by atoms with Crippen LogP contribution in [-0.2, 0) is 19.1 Å². The lowest BCUT2D eigenvalue weighted by molar-refractivity contribution is -0.146. The highest BCUT2D eigenvalue weighted by Gasteiger charge is 2.69. The van der Waals surface area contributed by atoms with E-state index in [0.29, 0.717) is 57.1 Å². The number of esters is 1. The average Bonchev–Trinajstić information content (AvgIpc) is 3.03. The zero-order valence-corrected chi connectivity index (χ0v) is 24.0. The van der Waals surface area contributed by atoms with Gasteiger partial charge in [0.15, 0.2) is 5.78 Å². The Morgan fingerprint density at radius 1 is 1.11 bits per heavy atom. The van der Waals surface area contributed by atoms with E-state index in [9.17, 15) is 24.6 Å². The first-order valence-electron chi connectivity index (χ1n) is 14.5. The molecule has 4 aliphatic carbocycles. The first-order chi connectivity index (χ1) is 17.2. The number of allylic oxidation sites excluding steroid dienone is 1. The maximum absolute atomic E-state index is 14.1. The van der Waals surface area contributed by atoms with Crippen LogP contribution in [0.1, 0.15) is 106 Å². The van der Waals surface area contributed by atoms with Gasteiger partial charge in [0.1, 0.15) is 5.78 Å². The largest absolute Gasteiger partial charge is 0.466 e. The molecule has 6 heteroatoms. The number of aliphatic hydroxyl groups is 2. The molecule has 0 aromatic rings. The molecule has 0 unspecified atom stereocenters. The molecule has 2 fully saturated rings. The van der Waals surface area contributed by atoms with Crippen molar-refractivity contribution in [3.05, 3.63) is 11.1 Å². The van der Waals surface area contributed by atoms with Gasteiger partial charge in [0.05, 0.1) is 18.8 Å². The van der Waals surface area contributed by atoms with Gasteiger partial charge in [-0.2, -0.15) is 0 Å². The summed E-state index contributed by atoms with van der Waals surface area (Å²) in [5.74, 6) is 0.123. The number of hydrogen-bond acceptors (Lipinski definition) is 6. The first-order valence-corrected chi connectivity index (χ1v) is 14.5. The highest BCUT2D eigenvalue weighted by molar-refractivity contribution is 6.01. The molecule has 4 rings (SSSR count). The zero-order chi connectivity index (χ0) is 27.6. The molecule has 0 heterocycles. The Labute approximate surface area is 222 Å². The SMILES string of the molecule is CCCCOC(=O)CC[C@@H](C)[C@H]1C[C@H](O)[C@@]2(C)C3=C(C(=O)C[C@]12C)[C@@]1(C)CCC(=O)C(C)(C)[C@H]1C[C@@H]3O. The second kappa shape index (κ2) is 9.59. The standard InChI is InChI=1S/C31H48O6/c1-8-9-14-37-25(36)11-10-18(2)19-15-24(35)31(7)27-20(32)16-22-28(3,4)23(34)12-13-29(22,5)26(27)21(33)17-30(19,31)6/h18-20,22,24,32,35H,8-17H2,1-7H3/t18-,19-,20+,22-,24+,29+,30-,31+/m1/s1. The molecular formula is C31H48O6. The predicted molar refractivity (Wildman–Crippen MR) is 141 cm³/mol. The van der Waals surface area contributed by atoms with Crippen LogP contribution in [0.5, 0.6) is 0 Å². The summed E-state index contributed by atoms with van der Waals surface area (Å²) < 4.78 is 5.35. The second-order valence-electron chi connectivity index (χ2n) is 13.8. The van der Waals surface area contributed by atoms with E-state index in [2.05, 4.69) is 34.6 Å². The van der Waals surface area contributed by atoms with E-state index in [1.54, 1.807) is 0 Å². The number of rotatable bonds is 7. The van der Waals surface area contributed by atoms with Crippen LogP contribution < -0.4 is 0 Å². The van der Waals surface area contributed by atoms with Crippen LogP contribution in [0, 0.1) is 39.4 Å². The third-order valence-electron chi connectivity index (χ3n) is 11.6. The molecule has 0 radical (unpaired) electrons. The van der Waals surface area contributed by atoms with Gasteiger partial charge >= 0.3 is 5.97 Å². The van der Waals surface area contributed by atoms with Crippen molar-refractivity contribution in [1.29, 1.82) is 0 Å². The molecule has 0 aliphatic heterocycles. The molecule has 8 atom stereocenters. The lowest BCUT2D eigenvalue weighted by Gasteiger charge is -2.61. The monoisotopic (exact) mass is 516 g/mol. The van der Waals surface area contributed by atoms with Gasteiger partial charge in [-0.25, -0.2) is 0 Å². The van der Waals surface area contributed by atoms with Crippen molar-refractivity contribution in [1.82, 2.24) is 0 Å². The van der Waals surface area contributed by atoms with Crippen molar-refractivity contribution in [2.24, 2.45) is 39.4 Å². The lowest BCUT2D eigenvalue weighted by Crippen LogP contribution is -2.60. The van der Waals surface area contributed by atoms with E-state index in [-0.39, 0.29) is 35.3 Å². The first kappa shape index (κ1) is 28.5. The highest BCUT2D eigenvalue weighted by atomic mass is 16.5. The van der Waals surface area contributed by atoms with Crippen LogP contribution in [0.2, 0.25) is 0 Å². The summed E-state index contributed by atoms with van der Waals surface area (Å²) in [7, 11) is 0. The quantitative estimate of drug-likeness (QED) is 0.357. The van der Waals surface area contributed by atoms with Crippen molar-refractivity contribution in [2.45, 2.75) is 118 Å². The van der Waals surface area contributed by atoms with Crippen LogP contribution in [-0.4, -0.2) is 46.6 Å². The molecule has 37 heavy (non-hydrogen) atoms. The minimum absolute atomic E-state index is 0.0380. The number of fused-ring (bicyclic) bond motifs is 4. The molecule has 0 amide bonds. The summed E-state index contributed by atoms with van der Waals surface area (Å²) >= 11 is 0. The highest BCUT2D eigenvalue weighted by Crippen LogP contribution is 2.71. The Balaban J connectivity index is 1.68. The van der Waals surface area contributed by atoms with E-state index in [1.165, 1.54) is 0 Å². The second-order valence-corrected chi connectivity index (χ2v) is 13.8. The minimum Gasteiger partial charge on any atom is -0.466 e. The number of aliphatic hydroxyl groups excluding tert-OH is 2. The smallest absolute Gasteiger partial charge is 0.305 e. The number of carbonyl (C=O) groups is 3. The Morgan fingerprint density at radius 3 is 2.43 bits per heavy atom. The molecule has 0 spiro atoms. The molecule has 0 saturated heterocycles. The van der Waals surface area contributed by atoms with Crippen LogP contribution in [0.15, 0.2) is 11.1 Å². The van der Waals surface area contributed by atoms with Crippen molar-refractivity contribution < 1.29 is 29.3 Å². The third-order valence-corrected chi connectivity index (χ3v) is 11.6. The molecule has 2 N–H and O–H groups in total. The van der Waals surface area contributed by atoms with E-state index in [0.717, 1.165) is 18.4 Å². The molecule has 0 aromatic carbocycles. The van der Waals surface area contributed by atoms with Crippen molar-refractivity contribution in [3.8, 4) is 0 Å². The fourth-order valence-corrected chi connectivity index (χ4v) is 9.14. The minimum atomic E-state index is -0.857. The van der Waals surface area contributed by atoms with Gasteiger partial charge in [-0.3, -0.25) is 14.4 Å². The average molecular weight is 517 g/mol. The van der Waals surface area contributed by atoms with Gasteiger partial charge < -0.3 is 14.9 Å². The van der Waals surface area contributed by atoms with E-state index >= 15 is 0 Å². The fraction of sp³-hybridized carbons (Fsp3) is 0.839. The number of Topliss-reactive ketones (excluding diaryl/α,β-unsaturated/α-hetero) is 2. The molecular weight excluding hydrogens is 468 g/mol. The van der Waals surface area contributed by atoms with Gasteiger partial charge in [0, 0.05) is 41.1 Å². The van der Waals surface area contributed by atoms with Gasteiger partial charge in [-0.1, -0.05) is 54.9 Å². The Bertz CT molecular complexity index is 996. The van der Waals surface area contributed by atoms with Crippen molar-refractivity contribution in [3.63, 3.8) is 0 Å². The van der Waals surface area contributed by atoms with Gasteiger partial charge in [0.2, 0.25) is 0 Å². The van der Waals surface area contributed by atoms with Crippen LogP contribution in [0.25, 0.3) is 0 Å². The van der Waals surface area contributed by atoms with Crippen LogP contribution in [0.4, 0.5) is 0 Å².